The summed E-state index contributed by atoms with van der Waals surface area (Å²) < 4.78 is 10.4. The lowest BCUT2D eigenvalue weighted by atomic mass is 10.0. The second kappa shape index (κ2) is 6.71. The number of hydrogen-bond donors (Lipinski definition) is 1. The van der Waals surface area contributed by atoms with E-state index in [1.165, 1.54) is 0 Å². The van der Waals surface area contributed by atoms with Gasteiger partial charge in [-0.1, -0.05) is 25.9 Å². The molecule has 2 atom stereocenters. The van der Waals surface area contributed by atoms with Crippen LogP contribution >= 0.6 is 0 Å². The SMILES string of the molecule is CC[C@@H](COC)N[C@H](c1nc(C)no1)C(C)C. The summed E-state index contributed by atoms with van der Waals surface area (Å²) in [5.74, 6) is 1.72. The molecule has 0 aliphatic rings. The van der Waals surface area contributed by atoms with Crippen LogP contribution in [0.2, 0.25) is 0 Å². The van der Waals surface area contributed by atoms with E-state index in [4.69, 9.17) is 9.26 Å². The zero-order valence-corrected chi connectivity index (χ0v) is 11.4. The zero-order valence-electron chi connectivity index (χ0n) is 11.4. The van der Waals surface area contributed by atoms with Gasteiger partial charge in [-0.2, -0.15) is 4.98 Å². The van der Waals surface area contributed by atoms with Crippen LogP contribution in [0.4, 0.5) is 0 Å². The zero-order chi connectivity index (χ0) is 12.8. The summed E-state index contributed by atoms with van der Waals surface area (Å²) in [6, 6.07) is 0.385. The largest absolute Gasteiger partial charge is 0.383 e. The summed E-state index contributed by atoms with van der Waals surface area (Å²) >= 11 is 0. The molecule has 1 N–H and O–H groups in total. The Morgan fingerprint density at radius 2 is 2.12 bits per heavy atom. The van der Waals surface area contributed by atoms with Gasteiger partial charge in [0.15, 0.2) is 5.82 Å². The standard InChI is InChI=1S/C12H23N3O2/c1-6-10(7-16-5)14-11(8(2)3)12-13-9(4)15-17-12/h8,10-11,14H,6-7H2,1-5H3/t10-,11-/m0/s1. The molecule has 5 nitrogen and oxygen atoms in total. The Kier molecular flexibility index (Phi) is 5.58. The second-order valence-electron chi connectivity index (χ2n) is 4.63. The summed E-state index contributed by atoms with van der Waals surface area (Å²) in [6.07, 6.45) is 1.00. The Morgan fingerprint density at radius 3 is 2.53 bits per heavy atom. The molecule has 1 heterocycles. The smallest absolute Gasteiger partial charge is 0.244 e. The lowest BCUT2D eigenvalue weighted by molar-refractivity contribution is 0.147. The predicted molar refractivity (Wildman–Crippen MR) is 65.7 cm³/mol. The van der Waals surface area contributed by atoms with Gasteiger partial charge in [0.2, 0.25) is 5.89 Å². The monoisotopic (exact) mass is 241 g/mol. The average molecular weight is 241 g/mol. The quantitative estimate of drug-likeness (QED) is 0.792. The topological polar surface area (TPSA) is 60.2 Å². The van der Waals surface area contributed by atoms with Gasteiger partial charge in [0.25, 0.3) is 0 Å². The van der Waals surface area contributed by atoms with Crippen molar-refractivity contribution < 1.29 is 9.26 Å². The Hall–Kier alpha value is -0.940. The van der Waals surface area contributed by atoms with Crippen LogP contribution in [0.5, 0.6) is 0 Å². The van der Waals surface area contributed by atoms with Gasteiger partial charge in [0.1, 0.15) is 0 Å². The van der Waals surface area contributed by atoms with E-state index in [1.807, 2.05) is 6.92 Å². The molecule has 0 bridgehead atoms. The third-order valence-electron chi connectivity index (χ3n) is 2.75. The van der Waals surface area contributed by atoms with Gasteiger partial charge in [-0.15, -0.1) is 0 Å². The number of aryl methyl sites for hydroxylation is 1. The summed E-state index contributed by atoms with van der Waals surface area (Å²) in [5.41, 5.74) is 0. The van der Waals surface area contributed by atoms with Crippen LogP contribution in [0.1, 0.15) is 44.9 Å². The maximum absolute atomic E-state index is 5.25. The van der Waals surface area contributed by atoms with Gasteiger partial charge in [-0.3, -0.25) is 0 Å². The van der Waals surface area contributed by atoms with Gasteiger partial charge in [-0.25, -0.2) is 0 Å². The van der Waals surface area contributed by atoms with E-state index in [2.05, 4.69) is 36.2 Å². The van der Waals surface area contributed by atoms with E-state index in [9.17, 15) is 0 Å². The Morgan fingerprint density at radius 1 is 1.41 bits per heavy atom. The third kappa shape index (κ3) is 4.09. The highest BCUT2D eigenvalue weighted by Gasteiger charge is 2.24. The Balaban J connectivity index is 2.72. The molecule has 0 radical (unpaired) electrons. The molecule has 5 heteroatoms. The highest BCUT2D eigenvalue weighted by Crippen LogP contribution is 2.21. The molecular weight excluding hydrogens is 218 g/mol. The molecule has 17 heavy (non-hydrogen) atoms. The van der Waals surface area contributed by atoms with Crippen LogP contribution in [0.3, 0.4) is 0 Å². The minimum Gasteiger partial charge on any atom is -0.383 e. The van der Waals surface area contributed by atoms with E-state index >= 15 is 0 Å². The van der Waals surface area contributed by atoms with Crippen molar-refractivity contribution in [3.63, 3.8) is 0 Å². The van der Waals surface area contributed by atoms with Crippen LogP contribution in [-0.2, 0) is 4.74 Å². The number of hydrogen-bond acceptors (Lipinski definition) is 5. The normalized spacial score (nSPS) is 15.2. The highest BCUT2D eigenvalue weighted by molar-refractivity contribution is 4.94. The van der Waals surface area contributed by atoms with Gasteiger partial charge in [0.05, 0.1) is 12.6 Å². The van der Waals surface area contributed by atoms with Crippen LogP contribution in [0.25, 0.3) is 0 Å². The van der Waals surface area contributed by atoms with Crippen molar-refractivity contribution in [2.24, 2.45) is 5.92 Å². The number of nitrogens with zero attached hydrogens (tertiary/aromatic N) is 2. The molecule has 0 aliphatic carbocycles. The first-order valence-corrected chi connectivity index (χ1v) is 6.13. The molecule has 98 valence electrons. The molecule has 1 aromatic heterocycles. The van der Waals surface area contributed by atoms with Crippen LogP contribution < -0.4 is 5.32 Å². The Bertz CT molecular complexity index is 325. The number of methoxy groups -OCH3 is 1. The minimum atomic E-state index is 0.0799. The predicted octanol–water partition coefficient (Wildman–Crippen LogP) is 2.09. The molecule has 0 saturated carbocycles. The third-order valence-corrected chi connectivity index (χ3v) is 2.75. The van der Waals surface area contributed by atoms with Crippen LogP contribution in [0, 0.1) is 12.8 Å². The first-order chi connectivity index (χ1) is 8.08. The average Bonchev–Trinajstić information content (AvgIpc) is 2.70. The van der Waals surface area contributed by atoms with Crippen LogP contribution in [0.15, 0.2) is 4.52 Å². The lowest BCUT2D eigenvalue weighted by Crippen LogP contribution is -2.38. The van der Waals surface area contributed by atoms with Gasteiger partial charge < -0.3 is 14.6 Å². The number of rotatable bonds is 7. The first-order valence-electron chi connectivity index (χ1n) is 6.13. The summed E-state index contributed by atoms with van der Waals surface area (Å²) in [7, 11) is 1.71. The van der Waals surface area contributed by atoms with Crippen molar-refractivity contribution in [3.05, 3.63) is 11.7 Å². The number of ether oxygens (including phenoxy) is 1. The minimum absolute atomic E-state index is 0.0799. The van der Waals surface area contributed by atoms with Gasteiger partial charge in [0, 0.05) is 13.2 Å². The summed E-state index contributed by atoms with van der Waals surface area (Å²) in [6.45, 7) is 8.92. The fraction of sp³-hybridized carbons (Fsp3) is 0.833. The van der Waals surface area contributed by atoms with Gasteiger partial charge >= 0.3 is 0 Å². The van der Waals surface area contributed by atoms with Crippen LogP contribution in [-0.4, -0.2) is 29.9 Å². The van der Waals surface area contributed by atoms with Crippen molar-refractivity contribution in [2.75, 3.05) is 13.7 Å². The number of aromatic nitrogens is 2. The molecule has 0 unspecified atom stereocenters. The van der Waals surface area contributed by atoms with E-state index in [-0.39, 0.29) is 6.04 Å². The lowest BCUT2D eigenvalue weighted by Gasteiger charge is -2.24. The van der Waals surface area contributed by atoms with Gasteiger partial charge in [-0.05, 0) is 19.3 Å². The molecule has 0 fully saturated rings. The molecular formula is C12H23N3O2. The molecule has 0 spiro atoms. The van der Waals surface area contributed by atoms with Crippen molar-refractivity contribution in [1.29, 1.82) is 0 Å². The molecule has 0 aliphatic heterocycles. The Labute approximate surface area is 103 Å². The fourth-order valence-corrected chi connectivity index (χ4v) is 1.73. The molecule has 0 saturated heterocycles. The highest BCUT2D eigenvalue weighted by atomic mass is 16.5. The van der Waals surface area contributed by atoms with Crippen molar-refractivity contribution in [3.8, 4) is 0 Å². The fourth-order valence-electron chi connectivity index (χ4n) is 1.73. The first kappa shape index (κ1) is 14.1. The van der Waals surface area contributed by atoms with E-state index in [1.54, 1.807) is 7.11 Å². The van der Waals surface area contributed by atoms with E-state index < -0.39 is 0 Å². The molecule has 1 aromatic rings. The second-order valence-corrected chi connectivity index (χ2v) is 4.63. The van der Waals surface area contributed by atoms with E-state index in [0.29, 0.717) is 30.3 Å². The van der Waals surface area contributed by atoms with E-state index in [0.717, 1.165) is 6.42 Å². The maximum Gasteiger partial charge on any atom is 0.244 e. The number of nitrogens with one attached hydrogen (secondary N) is 1. The molecule has 0 amide bonds. The molecule has 0 aromatic carbocycles. The maximum atomic E-state index is 5.25. The molecule has 1 rings (SSSR count). The van der Waals surface area contributed by atoms with Crippen molar-refractivity contribution >= 4 is 0 Å². The summed E-state index contributed by atoms with van der Waals surface area (Å²) in [5, 5.41) is 7.35. The van der Waals surface area contributed by atoms with Crippen molar-refractivity contribution in [2.45, 2.75) is 46.2 Å². The summed E-state index contributed by atoms with van der Waals surface area (Å²) in [4.78, 5) is 4.30. The van der Waals surface area contributed by atoms with Crippen molar-refractivity contribution in [1.82, 2.24) is 15.5 Å².